The van der Waals surface area contributed by atoms with E-state index < -0.39 is 12.1 Å². The number of carbonyl (C=O) groups is 2. The van der Waals surface area contributed by atoms with Gasteiger partial charge in [-0.3, -0.25) is 9.59 Å². The van der Waals surface area contributed by atoms with Gasteiger partial charge < -0.3 is 20.2 Å². The zero-order chi connectivity index (χ0) is 24.6. The van der Waals surface area contributed by atoms with Gasteiger partial charge in [0.05, 0.1) is 18.4 Å². The maximum absolute atomic E-state index is 13.3. The second-order valence-electron chi connectivity index (χ2n) is 8.44. The van der Waals surface area contributed by atoms with Crippen LogP contribution in [0.5, 0.6) is 0 Å². The molecule has 1 heterocycles. The summed E-state index contributed by atoms with van der Waals surface area (Å²) in [5, 5.41) is 17.2. The molecule has 0 spiro atoms. The Hall–Kier alpha value is -3.97. The zero-order valence-corrected chi connectivity index (χ0v) is 19.6. The maximum Gasteiger partial charge on any atom is 0.254 e. The van der Waals surface area contributed by atoms with Gasteiger partial charge in [0.25, 0.3) is 5.91 Å². The molecule has 4 rings (SSSR count). The first-order valence-electron chi connectivity index (χ1n) is 11.6. The summed E-state index contributed by atoms with van der Waals surface area (Å²) < 4.78 is 0. The van der Waals surface area contributed by atoms with Crippen LogP contribution in [0.4, 0.5) is 0 Å². The number of aliphatic hydroxyl groups excluding tert-OH is 1. The molecule has 0 radical (unpaired) electrons. The summed E-state index contributed by atoms with van der Waals surface area (Å²) in [6.07, 6.45) is -0.00272. The van der Waals surface area contributed by atoms with Gasteiger partial charge in [0.1, 0.15) is 13.2 Å². The quantitative estimate of drug-likeness (QED) is 0.489. The molecule has 0 unspecified atom stereocenters. The van der Waals surface area contributed by atoms with E-state index >= 15 is 0 Å². The van der Waals surface area contributed by atoms with Gasteiger partial charge in [-0.05, 0) is 35.2 Å². The Labute approximate surface area is 205 Å². The third-order valence-corrected chi connectivity index (χ3v) is 6.08. The third kappa shape index (κ3) is 5.94. The summed E-state index contributed by atoms with van der Waals surface area (Å²) in [6, 6.07) is 25.9. The molecule has 2 amide bonds. The first-order valence-corrected chi connectivity index (χ1v) is 11.6. The molecule has 2 N–H and O–H groups in total. The van der Waals surface area contributed by atoms with Crippen LogP contribution in [0.3, 0.4) is 0 Å². The van der Waals surface area contributed by atoms with Gasteiger partial charge in [-0.25, -0.2) is 0 Å². The van der Waals surface area contributed by atoms with Crippen molar-refractivity contribution in [1.82, 2.24) is 10.2 Å². The average Bonchev–Trinajstić information content (AvgIpc) is 3.33. The van der Waals surface area contributed by atoms with Crippen LogP contribution in [-0.4, -0.2) is 53.8 Å². The Balaban J connectivity index is 1.42. The first kappa shape index (κ1) is 24.2. The van der Waals surface area contributed by atoms with E-state index in [1.807, 2.05) is 72.8 Å². The summed E-state index contributed by atoms with van der Waals surface area (Å²) in [5.74, 6) is -0.517. The highest BCUT2D eigenvalue weighted by Gasteiger charge is 2.38. The van der Waals surface area contributed by atoms with Crippen LogP contribution in [0.15, 0.2) is 90.1 Å². The molecule has 3 aromatic rings. The fourth-order valence-electron chi connectivity index (χ4n) is 4.24. The maximum atomic E-state index is 13.3. The number of hydrogen-bond acceptors (Lipinski definition) is 5. The van der Waals surface area contributed by atoms with Gasteiger partial charge >= 0.3 is 0 Å². The number of aliphatic hydroxyl groups is 1. The number of nitrogens with zero attached hydrogens (tertiary/aromatic N) is 2. The predicted octanol–water partition coefficient (Wildman–Crippen LogP) is 3.81. The molecule has 1 aliphatic rings. The lowest BCUT2D eigenvalue weighted by Gasteiger charge is -2.24. The lowest BCUT2D eigenvalue weighted by atomic mass is 10.0. The van der Waals surface area contributed by atoms with Gasteiger partial charge in [0.2, 0.25) is 5.91 Å². The summed E-state index contributed by atoms with van der Waals surface area (Å²) in [5.41, 5.74) is 4.01. The van der Waals surface area contributed by atoms with Crippen molar-refractivity contribution in [3.8, 4) is 11.1 Å². The number of nitrogens with one attached hydrogen (secondary N) is 1. The van der Waals surface area contributed by atoms with E-state index in [2.05, 4.69) is 10.5 Å². The first-order chi connectivity index (χ1) is 17.1. The zero-order valence-electron chi connectivity index (χ0n) is 19.6. The van der Waals surface area contributed by atoms with E-state index in [9.17, 15) is 14.7 Å². The predicted molar refractivity (Wildman–Crippen MR) is 135 cm³/mol. The van der Waals surface area contributed by atoms with E-state index in [1.54, 1.807) is 12.1 Å². The van der Waals surface area contributed by atoms with Gasteiger partial charge in [-0.15, -0.1) is 0 Å². The standard InChI is InChI=1S/C28H29N3O4/c1-35-30-24-18-25(27(33)29-17-16-26(32)22-10-6-3-7-11-22)31(19-24)28(34)23-14-12-21(13-15-23)20-8-4-2-5-9-20/h2-15,25-26,32H,16-19H2,1H3,(H,29,33)/b30-24-/t25-,26+/m0/s1. The molecule has 0 bridgehead atoms. The van der Waals surface area contributed by atoms with Crippen molar-refractivity contribution in [3.05, 3.63) is 96.1 Å². The summed E-state index contributed by atoms with van der Waals surface area (Å²) in [6.45, 7) is 0.508. The molecule has 2 atom stereocenters. The minimum Gasteiger partial charge on any atom is -0.399 e. The van der Waals surface area contributed by atoms with E-state index in [4.69, 9.17) is 4.84 Å². The van der Waals surface area contributed by atoms with Crippen molar-refractivity contribution < 1.29 is 19.5 Å². The minimum atomic E-state index is -0.695. The molecule has 3 aromatic carbocycles. The van der Waals surface area contributed by atoms with Crippen LogP contribution in [-0.2, 0) is 9.63 Å². The van der Waals surface area contributed by atoms with Gasteiger partial charge in [0, 0.05) is 18.5 Å². The second-order valence-corrected chi connectivity index (χ2v) is 8.44. The lowest BCUT2D eigenvalue weighted by Crippen LogP contribution is -2.46. The van der Waals surface area contributed by atoms with E-state index in [0.717, 1.165) is 16.7 Å². The highest BCUT2D eigenvalue weighted by molar-refractivity contribution is 6.05. The fourth-order valence-corrected chi connectivity index (χ4v) is 4.24. The van der Waals surface area contributed by atoms with Crippen molar-refractivity contribution in [2.45, 2.75) is 25.0 Å². The molecule has 0 aliphatic carbocycles. The molecule has 35 heavy (non-hydrogen) atoms. The monoisotopic (exact) mass is 471 g/mol. The van der Waals surface area contributed by atoms with Crippen molar-refractivity contribution in [3.63, 3.8) is 0 Å². The Kier molecular flexibility index (Phi) is 7.90. The second kappa shape index (κ2) is 11.4. The van der Waals surface area contributed by atoms with Gasteiger partial charge in [-0.1, -0.05) is 78.0 Å². The summed E-state index contributed by atoms with van der Waals surface area (Å²) in [7, 11) is 1.44. The van der Waals surface area contributed by atoms with Gasteiger partial charge in [-0.2, -0.15) is 0 Å². The smallest absolute Gasteiger partial charge is 0.254 e. The Bertz CT molecular complexity index is 1160. The normalized spacial score (nSPS) is 17.3. The Morgan fingerprint density at radius 3 is 2.29 bits per heavy atom. The van der Waals surface area contributed by atoms with E-state index in [0.29, 0.717) is 24.1 Å². The Morgan fingerprint density at radius 2 is 1.63 bits per heavy atom. The van der Waals surface area contributed by atoms with Crippen molar-refractivity contribution in [2.75, 3.05) is 20.2 Å². The molecule has 1 aliphatic heterocycles. The van der Waals surface area contributed by atoms with Gasteiger partial charge in [0.15, 0.2) is 0 Å². The summed E-state index contributed by atoms with van der Waals surface area (Å²) in [4.78, 5) is 32.8. The average molecular weight is 472 g/mol. The third-order valence-electron chi connectivity index (χ3n) is 6.08. The fraction of sp³-hybridized carbons (Fsp3) is 0.250. The van der Waals surface area contributed by atoms with Crippen LogP contribution < -0.4 is 5.32 Å². The molecular formula is C28H29N3O4. The van der Waals surface area contributed by atoms with Crippen molar-refractivity contribution in [2.24, 2.45) is 5.16 Å². The molecule has 0 saturated carbocycles. The van der Waals surface area contributed by atoms with Crippen LogP contribution >= 0.6 is 0 Å². The Morgan fingerprint density at radius 1 is 1.00 bits per heavy atom. The van der Waals surface area contributed by atoms with Crippen LogP contribution in [0.25, 0.3) is 11.1 Å². The van der Waals surface area contributed by atoms with Crippen LogP contribution in [0.1, 0.15) is 34.9 Å². The molecule has 0 aromatic heterocycles. The number of carbonyl (C=O) groups excluding carboxylic acids is 2. The topological polar surface area (TPSA) is 91.2 Å². The molecule has 180 valence electrons. The largest absolute Gasteiger partial charge is 0.399 e. The SMILES string of the molecule is CO/N=C1/C[C@@H](C(=O)NCC[C@@H](O)c2ccccc2)N(C(=O)c2ccc(-c3ccccc3)cc2)C1. The van der Waals surface area contributed by atoms with Crippen molar-refractivity contribution >= 4 is 17.5 Å². The molecule has 7 heteroatoms. The molecular weight excluding hydrogens is 442 g/mol. The van der Waals surface area contributed by atoms with E-state index in [-0.39, 0.29) is 24.9 Å². The highest BCUT2D eigenvalue weighted by atomic mass is 16.6. The number of rotatable bonds is 8. The number of likely N-dealkylation sites (tertiary alicyclic amines) is 1. The van der Waals surface area contributed by atoms with E-state index in [1.165, 1.54) is 12.0 Å². The van der Waals surface area contributed by atoms with Crippen LogP contribution in [0, 0.1) is 0 Å². The van der Waals surface area contributed by atoms with Crippen LogP contribution in [0.2, 0.25) is 0 Å². The highest BCUT2D eigenvalue weighted by Crippen LogP contribution is 2.23. The molecule has 1 saturated heterocycles. The number of benzene rings is 3. The number of hydrogen-bond donors (Lipinski definition) is 2. The van der Waals surface area contributed by atoms with Crippen molar-refractivity contribution in [1.29, 1.82) is 0 Å². The molecule has 1 fully saturated rings. The number of amides is 2. The lowest BCUT2D eigenvalue weighted by molar-refractivity contribution is -0.124. The number of oxime groups is 1. The minimum absolute atomic E-state index is 0.220. The molecule has 7 nitrogen and oxygen atoms in total. The summed E-state index contributed by atoms with van der Waals surface area (Å²) >= 11 is 0.